The quantitative estimate of drug-likeness (QED) is 0.462. The van der Waals surface area contributed by atoms with Crippen LogP contribution in [0.1, 0.15) is 10.4 Å². The van der Waals surface area contributed by atoms with Crippen molar-refractivity contribution >= 4 is 35.2 Å². The van der Waals surface area contributed by atoms with Crippen molar-refractivity contribution in [2.45, 2.75) is 4.90 Å². The Bertz CT molecular complexity index is 709. The van der Waals surface area contributed by atoms with Crippen LogP contribution in [0.15, 0.2) is 53.4 Å². The molecule has 0 unspecified atom stereocenters. The fourth-order valence-electron chi connectivity index (χ4n) is 1.77. The van der Waals surface area contributed by atoms with Crippen LogP contribution in [0.5, 0.6) is 0 Å². The van der Waals surface area contributed by atoms with Crippen LogP contribution in [0.3, 0.4) is 0 Å². The molecular formula is C17H15ClFNO3S. The molecule has 0 spiro atoms. The van der Waals surface area contributed by atoms with Crippen LogP contribution in [0.2, 0.25) is 5.02 Å². The maximum Gasteiger partial charge on any atom is 0.338 e. The van der Waals surface area contributed by atoms with E-state index in [1.54, 1.807) is 23.9 Å². The lowest BCUT2D eigenvalue weighted by atomic mass is 10.2. The molecule has 0 atom stereocenters. The molecule has 0 aliphatic heterocycles. The van der Waals surface area contributed by atoms with Crippen LogP contribution in [0.4, 0.5) is 4.39 Å². The van der Waals surface area contributed by atoms with Gasteiger partial charge in [-0.05, 0) is 42.5 Å². The van der Waals surface area contributed by atoms with E-state index in [2.05, 4.69) is 5.32 Å². The van der Waals surface area contributed by atoms with E-state index < -0.39 is 24.3 Å². The van der Waals surface area contributed by atoms with E-state index in [0.29, 0.717) is 17.3 Å². The van der Waals surface area contributed by atoms with E-state index in [1.165, 1.54) is 18.2 Å². The number of nitrogens with one attached hydrogen (secondary N) is 1. The van der Waals surface area contributed by atoms with Gasteiger partial charge in [-0.3, -0.25) is 4.79 Å². The van der Waals surface area contributed by atoms with Crippen LogP contribution >= 0.6 is 23.4 Å². The number of halogens is 2. The minimum absolute atomic E-state index is 0.0705. The van der Waals surface area contributed by atoms with Gasteiger partial charge in [-0.15, -0.1) is 11.8 Å². The standard InChI is InChI=1S/C17H15ClFNO3S/c18-13-4-6-15(7-5-13)24-9-8-20-16(21)11-23-17(22)12-2-1-3-14(19)10-12/h1-7,10H,8-9,11H2,(H,20,21). The predicted molar refractivity (Wildman–Crippen MR) is 91.9 cm³/mol. The number of thioether (sulfide) groups is 1. The average molecular weight is 368 g/mol. The summed E-state index contributed by atoms with van der Waals surface area (Å²) in [5.41, 5.74) is 0.0705. The molecule has 1 amide bonds. The monoisotopic (exact) mass is 367 g/mol. The third-order valence-corrected chi connectivity index (χ3v) is 4.17. The van der Waals surface area contributed by atoms with Gasteiger partial charge in [-0.1, -0.05) is 17.7 Å². The minimum atomic E-state index is -0.736. The topological polar surface area (TPSA) is 55.4 Å². The van der Waals surface area contributed by atoms with Crippen molar-refractivity contribution < 1.29 is 18.7 Å². The Morgan fingerprint density at radius 2 is 1.92 bits per heavy atom. The second-order valence-electron chi connectivity index (χ2n) is 4.74. The Hall–Kier alpha value is -2.05. The molecule has 24 heavy (non-hydrogen) atoms. The van der Waals surface area contributed by atoms with E-state index in [0.717, 1.165) is 11.0 Å². The molecule has 0 saturated carbocycles. The molecule has 1 N–H and O–H groups in total. The van der Waals surface area contributed by atoms with Gasteiger partial charge in [0.15, 0.2) is 6.61 Å². The lowest BCUT2D eigenvalue weighted by Gasteiger charge is -2.07. The number of rotatable bonds is 7. The summed E-state index contributed by atoms with van der Waals surface area (Å²) in [5.74, 6) is -1.00. The number of benzene rings is 2. The SMILES string of the molecule is O=C(COC(=O)c1cccc(F)c1)NCCSc1ccc(Cl)cc1. The summed E-state index contributed by atoms with van der Waals surface area (Å²) in [7, 11) is 0. The van der Waals surface area contributed by atoms with Gasteiger partial charge in [0.25, 0.3) is 5.91 Å². The molecular weight excluding hydrogens is 353 g/mol. The largest absolute Gasteiger partial charge is 0.452 e. The number of ether oxygens (including phenoxy) is 1. The van der Waals surface area contributed by atoms with Gasteiger partial charge in [0.1, 0.15) is 5.82 Å². The Morgan fingerprint density at radius 1 is 1.17 bits per heavy atom. The maximum absolute atomic E-state index is 13.0. The summed E-state index contributed by atoms with van der Waals surface area (Å²) in [6.07, 6.45) is 0. The Morgan fingerprint density at radius 3 is 2.62 bits per heavy atom. The summed E-state index contributed by atoms with van der Waals surface area (Å²) >= 11 is 7.37. The molecule has 2 aromatic carbocycles. The summed E-state index contributed by atoms with van der Waals surface area (Å²) in [5, 5.41) is 3.32. The molecule has 0 saturated heterocycles. The van der Waals surface area contributed by atoms with Crippen molar-refractivity contribution in [3.63, 3.8) is 0 Å². The molecule has 0 radical (unpaired) electrons. The fourth-order valence-corrected chi connectivity index (χ4v) is 2.67. The van der Waals surface area contributed by atoms with Crippen LogP contribution < -0.4 is 5.32 Å². The smallest absolute Gasteiger partial charge is 0.338 e. The third kappa shape index (κ3) is 6.22. The first-order valence-corrected chi connectivity index (χ1v) is 8.49. The van der Waals surface area contributed by atoms with E-state index in [9.17, 15) is 14.0 Å². The van der Waals surface area contributed by atoms with Crippen molar-refractivity contribution in [3.05, 3.63) is 64.9 Å². The number of amides is 1. The lowest BCUT2D eigenvalue weighted by molar-refractivity contribution is -0.124. The molecule has 0 bridgehead atoms. The molecule has 0 aliphatic rings. The van der Waals surface area contributed by atoms with E-state index >= 15 is 0 Å². The Labute approximate surface area is 148 Å². The number of hydrogen-bond donors (Lipinski definition) is 1. The van der Waals surface area contributed by atoms with Gasteiger partial charge < -0.3 is 10.1 Å². The highest BCUT2D eigenvalue weighted by Gasteiger charge is 2.10. The van der Waals surface area contributed by atoms with Crippen molar-refractivity contribution in [2.75, 3.05) is 18.9 Å². The van der Waals surface area contributed by atoms with Gasteiger partial charge in [0.05, 0.1) is 5.56 Å². The second-order valence-corrected chi connectivity index (χ2v) is 6.34. The highest BCUT2D eigenvalue weighted by molar-refractivity contribution is 7.99. The van der Waals surface area contributed by atoms with E-state index in [-0.39, 0.29) is 5.56 Å². The number of carbonyl (C=O) groups excluding carboxylic acids is 2. The third-order valence-electron chi connectivity index (χ3n) is 2.90. The van der Waals surface area contributed by atoms with Crippen molar-refractivity contribution in [3.8, 4) is 0 Å². The highest BCUT2D eigenvalue weighted by Crippen LogP contribution is 2.19. The van der Waals surface area contributed by atoms with Gasteiger partial charge in [0, 0.05) is 22.2 Å². The van der Waals surface area contributed by atoms with Crippen LogP contribution in [0.25, 0.3) is 0 Å². The number of esters is 1. The van der Waals surface area contributed by atoms with Crippen molar-refractivity contribution in [2.24, 2.45) is 0 Å². The first-order valence-electron chi connectivity index (χ1n) is 7.12. The molecule has 2 rings (SSSR count). The molecule has 0 aliphatic carbocycles. The van der Waals surface area contributed by atoms with Gasteiger partial charge in [-0.2, -0.15) is 0 Å². The minimum Gasteiger partial charge on any atom is -0.452 e. The Balaban J connectivity index is 1.64. The summed E-state index contributed by atoms with van der Waals surface area (Å²) < 4.78 is 17.8. The number of hydrogen-bond acceptors (Lipinski definition) is 4. The first kappa shape index (κ1) is 18.3. The predicted octanol–water partition coefficient (Wildman–Crippen LogP) is 3.54. The van der Waals surface area contributed by atoms with E-state index in [1.807, 2.05) is 12.1 Å². The summed E-state index contributed by atoms with van der Waals surface area (Å²) in [6, 6.07) is 12.5. The number of carbonyl (C=O) groups is 2. The second kappa shape index (κ2) is 9.30. The highest BCUT2D eigenvalue weighted by atomic mass is 35.5. The zero-order valence-electron chi connectivity index (χ0n) is 12.6. The van der Waals surface area contributed by atoms with Crippen LogP contribution in [-0.4, -0.2) is 30.8 Å². The normalized spacial score (nSPS) is 10.2. The molecule has 0 aromatic heterocycles. The summed E-state index contributed by atoms with van der Waals surface area (Å²) in [4.78, 5) is 24.3. The molecule has 126 valence electrons. The van der Waals surface area contributed by atoms with Gasteiger partial charge in [0.2, 0.25) is 0 Å². The Kier molecular flexibility index (Phi) is 7.08. The molecule has 4 nitrogen and oxygen atoms in total. The fraction of sp³-hybridized carbons (Fsp3) is 0.176. The average Bonchev–Trinajstić information content (AvgIpc) is 2.58. The zero-order valence-corrected chi connectivity index (χ0v) is 14.2. The van der Waals surface area contributed by atoms with Crippen molar-refractivity contribution in [1.29, 1.82) is 0 Å². The molecule has 2 aromatic rings. The van der Waals surface area contributed by atoms with Crippen molar-refractivity contribution in [1.82, 2.24) is 5.32 Å². The summed E-state index contributed by atoms with van der Waals surface area (Å²) in [6.45, 7) is 0.0323. The van der Waals surface area contributed by atoms with Crippen LogP contribution in [0, 0.1) is 5.82 Å². The maximum atomic E-state index is 13.0. The van der Waals surface area contributed by atoms with Gasteiger partial charge >= 0.3 is 5.97 Å². The first-order chi connectivity index (χ1) is 11.5. The lowest BCUT2D eigenvalue weighted by Crippen LogP contribution is -2.30. The molecule has 0 fully saturated rings. The molecule has 7 heteroatoms. The molecule has 0 heterocycles. The zero-order chi connectivity index (χ0) is 17.4. The van der Waals surface area contributed by atoms with Gasteiger partial charge in [-0.25, -0.2) is 9.18 Å². The van der Waals surface area contributed by atoms with E-state index in [4.69, 9.17) is 16.3 Å². The van der Waals surface area contributed by atoms with Crippen LogP contribution in [-0.2, 0) is 9.53 Å².